The van der Waals surface area contributed by atoms with Gasteiger partial charge >= 0.3 is 0 Å². The molecule has 0 saturated carbocycles. The Bertz CT molecular complexity index is 915. The van der Waals surface area contributed by atoms with E-state index in [-0.39, 0.29) is 11.2 Å². The summed E-state index contributed by atoms with van der Waals surface area (Å²) in [4.78, 5) is 29.5. The smallest absolute Gasteiger partial charge is 0.270 e. The van der Waals surface area contributed by atoms with Gasteiger partial charge in [-0.05, 0) is 19.1 Å². The molecule has 1 N–H and O–H groups in total. The van der Waals surface area contributed by atoms with E-state index in [0.717, 1.165) is 5.56 Å². The lowest BCUT2D eigenvalue weighted by atomic mass is 10.1. The quantitative estimate of drug-likeness (QED) is 0.577. The van der Waals surface area contributed by atoms with Crippen molar-refractivity contribution < 1.29 is 4.92 Å². The van der Waals surface area contributed by atoms with Gasteiger partial charge in [-0.2, -0.15) is 0 Å². The monoisotopic (exact) mass is 281 g/mol. The minimum atomic E-state index is -0.480. The molecule has 0 fully saturated rings. The zero-order valence-electron chi connectivity index (χ0n) is 11.2. The van der Waals surface area contributed by atoms with E-state index in [4.69, 9.17) is 0 Å². The molecule has 6 heteroatoms. The first-order valence-corrected chi connectivity index (χ1v) is 6.30. The van der Waals surface area contributed by atoms with Gasteiger partial charge in [-0.15, -0.1) is 0 Å². The number of aromatic amines is 1. The largest absolute Gasteiger partial charge is 0.306 e. The first-order valence-electron chi connectivity index (χ1n) is 6.30. The maximum Gasteiger partial charge on any atom is 0.270 e. The highest BCUT2D eigenvalue weighted by atomic mass is 16.6. The van der Waals surface area contributed by atoms with Crippen molar-refractivity contribution in [3.05, 3.63) is 68.5 Å². The average molecular weight is 281 g/mol. The number of H-pyrrole nitrogens is 1. The molecule has 3 aromatic rings. The van der Waals surface area contributed by atoms with Gasteiger partial charge in [-0.1, -0.05) is 23.8 Å². The Balaban J connectivity index is 2.22. The second-order valence-electron chi connectivity index (χ2n) is 4.74. The molecule has 0 unspecified atom stereocenters. The molecule has 104 valence electrons. The van der Waals surface area contributed by atoms with Gasteiger partial charge < -0.3 is 4.98 Å². The standard InChI is InChI=1S/C15H11N3O3/c1-9-5-6-13-12(7-9)15(19)17-14(16-13)10-3-2-4-11(8-10)18(20)21/h2-8H,1H3,(H,16,17,19). The third kappa shape index (κ3) is 2.38. The van der Waals surface area contributed by atoms with Crippen LogP contribution in [0.4, 0.5) is 5.69 Å². The summed E-state index contributed by atoms with van der Waals surface area (Å²) in [6, 6.07) is 11.4. The van der Waals surface area contributed by atoms with Crippen molar-refractivity contribution in [2.24, 2.45) is 0 Å². The van der Waals surface area contributed by atoms with Crippen LogP contribution in [0.5, 0.6) is 0 Å². The molecule has 1 aromatic heterocycles. The van der Waals surface area contributed by atoms with Crippen LogP contribution in [0, 0.1) is 17.0 Å². The molecule has 0 saturated heterocycles. The number of nitrogens with zero attached hydrogens (tertiary/aromatic N) is 2. The summed E-state index contributed by atoms with van der Waals surface area (Å²) in [5.74, 6) is 0.319. The van der Waals surface area contributed by atoms with E-state index < -0.39 is 4.92 Å². The average Bonchev–Trinajstić information content (AvgIpc) is 2.48. The molecular formula is C15H11N3O3. The second-order valence-corrected chi connectivity index (χ2v) is 4.74. The molecule has 0 aliphatic heterocycles. The van der Waals surface area contributed by atoms with Crippen molar-refractivity contribution in [2.45, 2.75) is 6.92 Å². The molecular weight excluding hydrogens is 270 g/mol. The SMILES string of the molecule is Cc1ccc2nc(-c3cccc([N+](=O)[O-])c3)[nH]c(=O)c2c1. The van der Waals surface area contributed by atoms with Crippen LogP contribution in [0.25, 0.3) is 22.3 Å². The minimum absolute atomic E-state index is 0.0425. The van der Waals surface area contributed by atoms with E-state index in [9.17, 15) is 14.9 Å². The molecule has 1 heterocycles. The number of aryl methyl sites for hydroxylation is 1. The van der Waals surface area contributed by atoms with Gasteiger partial charge in [-0.25, -0.2) is 4.98 Å². The maximum absolute atomic E-state index is 12.1. The Hall–Kier alpha value is -3.02. The van der Waals surface area contributed by atoms with Crippen LogP contribution in [-0.2, 0) is 0 Å². The van der Waals surface area contributed by atoms with Crippen LogP contribution in [0.1, 0.15) is 5.56 Å². The number of nitro benzene ring substituents is 1. The number of aromatic nitrogens is 2. The zero-order chi connectivity index (χ0) is 15.0. The molecule has 21 heavy (non-hydrogen) atoms. The van der Waals surface area contributed by atoms with Crippen LogP contribution in [-0.4, -0.2) is 14.9 Å². The minimum Gasteiger partial charge on any atom is -0.306 e. The van der Waals surface area contributed by atoms with Crippen LogP contribution in [0.3, 0.4) is 0 Å². The number of hydrogen-bond acceptors (Lipinski definition) is 4. The first kappa shape index (κ1) is 13.0. The fraction of sp³-hybridized carbons (Fsp3) is 0.0667. The third-order valence-electron chi connectivity index (χ3n) is 3.19. The van der Waals surface area contributed by atoms with Crippen LogP contribution in [0.2, 0.25) is 0 Å². The number of rotatable bonds is 2. The third-order valence-corrected chi connectivity index (χ3v) is 3.19. The Morgan fingerprint density at radius 2 is 2.00 bits per heavy atom. The fourth-order valence-electron chi connectivity index (χ4n) is 2.16. The zero-order valence-corrected chi connectivity index (χ0v) is 11.2. The highest BCUT2D eigenvalue weighted by molar-refractivity contribution is 5.80. The number of fused-ring (bicyclic) bond motifs is 1. The fourth-order valence-corrected chi connectivity index (χ4v) is 2.16. The lowest BCUT2D eigenvalue weighted by molar-refractivity contribution is -0.384. The molecule has 0 aliphatic rings. The molecule has 0 atom stereocenters. The second kappa shape index (κ2) is 4.82. The molecule has 0 radical (unpaired) electrons. The van der Waals surface area contributed by atoms with Gasteiger partial charge in [0.05, 0.1) is 15.8 Å². The van der Waals surface area contributed by atoms with E-state index in [1.165, 1.54) is 12.1 Å². The normalized spacial score (nSPS) is 10.7. The van der Waals surface area contributed by atoms with E-state index in [1.54, 1.807) is 24.3 Å². The highest BCUT2D eigenvalue weighted by Gasteiger charge is 2.10. The van der Waals surface area contributed by atoms with Crippen molar-refractivity contribution in [1.29, 1.82) is 0 Å². The lowest BCUT2D eigenvalue weighted by Gasteiger charge is -2.04. The van der Waals surface area contributed by atoms with Gasteiger partial charge in [0.15, 0.2) is 0 Å². The molecule has 2 aromatic carbocycles. The summed E-state index contributed by atoms with van der Waals surface area (Å²) in [7, 11) is 0. The lowest BCUT2D eigenvalue weighted by Crippen LogP contribution is -2.09. The molecule has 6 nitrogen and oxygen atoms in total. The maximum atomic E-state index is 12.1. The Morgan fingerprint density at radius 3 is 2.76 bits per heavy atom. The summed E-state index contributed by atoms with van der Waals surface area (Å²) in [5.41, 5.74) is 1.73. The number of nitrogens with one attached hydrogen (secondary N) is 1. The van der Waals surface area contributed by atoms with Gasteiger partial charge in [-0.3, -0.25) is 14.9 Å². The number of benzene rings is 2. The summed E-state index contributed by atoms with van der Waals surface area (Å²) < 4.78 is 0. The summed E-state index contributed by atoms with van der Waals surface area (Å²) in [6.45, 7) is 1.90. The first-order chi connectivity index (χ1) is 10.0. The molecule has 0 spiro atoms. The van der Waals surface area contributed by atoms with Gasteiger partial charge in [0, 0.05) is 17.7 Å². The topological polar surface area (TPSA) is 88.9 Å². The van der Waals surface area contributed by atoms with Crippen molar-refractivity contribution >= 4 is 16.6 Å². The highest BCUT2D eigenvalue weighted by Crippen LogP contribution is 2.21. The van der Waals surface area contributed by atoms with Gasteiger partial charge in [0.2, 0.25) is 0 Å². The predicted octanol–water partition coefficient (Wildman–Crippen LogP) is 2.81. The van der Waals surface area contributed by atoms with Crippen LogP contribution < -0.4 is 5.56 Å². The number of non-ortho nitro benzene ring substituents is 1. The predicted molar refractivity (Wildman–Crippen MR) is 79.2 cm³/mol. The van der Waals surface area contributed by atoms with Crippen molar-refractivity contribution in [3.8, 4) is 11.4 Å². The van der Waals surface area contributed by atoms with Crippen molar-refractivity contribution in [1.82, 2.24) is 9.97 Å². The molecule has 3 rings (SSSR count). The van der Waals surface area contributed by atoms with Gasteiger partial charge in [0.1, 0.15) is 5.82 Å². The van der Waals surface area contributed by atoms with E-state index in [1.807, 2.05) is 13.0 Å². The Morgan fingerprint density at radius 1 is 1.19 bits per heavy atom. The van der Waals surface area contributed by atoms with E-state index >= 15 is 0 Å². The van der Waals surface area contributed by atoms with E-state index in [0.29, 0.717) is 22.3 Å². The molecule has 0 aliphatic carbocycles. The van der Waals surface area contributed by atoms with Gasteiger partial charge in [0.25, 0.3) is 11.2 Å². The number of nitro groups is 1. The number of hydrogen-bond donors (Lipinski definition) is 1. The molecule has 0 bridgehead atoms. The van der Waals surface area contributed by atoms with Crippen molar-refractivity contribution in [3.63, 3.8) is 0 Å². The van der Waals surface area contributed by atoms with Crippen molar-refractivity contribution in [2.75, 3.05) is 0 Å². The summed E-state index contributed by atoms with van der Waals surface area (Å²) in [6.07, 6.45) is 0. The summed E-state index contributed by atoms with van der Waals surface area (Å²) in [5, 5.41) is 11.3. The Kier molecular flexibility index (Phi) is 2.98. The Labute approximate surface area is 119 Å². The summed E-state index contributed by atoms with van der Waals surface area (Å²) >= 11 is 0. The van der Waals surface area contributed by atoms with Crippen LogP contribution in [0.15, 0.2) is 47.3 Å². The molecule has 0 amide bonds. The van der Waals surface area contributed by atoms with Crippen LogP contribution >= 0.6 is 0 Å². The van der Waals surface area contributed by atoms with E-state index in [2.05, 4.69) is 9.97 Å².